The number of carbonyl (C=O) groups excluding carboxylic acids is 2. The Morgan fingerprint density at radius 1 is 0.926 bits per heavy atom. The van der Waals surface area contributed by atoms with Crippen molar-refractivity contribution in [1.82, 2.24) is 0 Å². The van der Waals surface area contributed by atoms with E-state index in [0.29, 0.717) is 6.42 Å². The fourth-order valence-electron chi connectivity index (χ4n) is 4.81. The summed E-state index contributed by atoms with van der Waals surface area (Å²) in [4.78, 5) is 32.3. The summed E-state index contributed by atoms with van der Waals surface area (Å²) in [6, 6.07) is 7.81. The van der Waals surface area contributed by atoms with Crippen LogP contribution in [0.1, 0.15) is 32.6 Å². The molecule has 0 bridgehead atoms. The van der Waals surface area contributed by atoms with Crippen LogP contribution in [-0.2, 0) is 9.59 Å². The Balaban J connectivity index is 1.44. The first kappa shape index (κ1) is 18.4. The van der Waals surface area contributed by atoms with Crippen molar-refractivity contribution in [3.63, 3.8) is 0 Å². The van der Waals surface area contributed by atoms with Gasteiger partial charge in [0, 0.05) is 18.8 Å². The van der Waals surface area contributed by atoms with Gasteiger partial charge in [-0.3, -0.25) is 9.59 Å². The number of benzene rings is 1. The summed E-state index contributed by atoms with van der Waals surface area (Å²) in [5.74, 6) is -0.0610. The van der Waals surface area contributed by atoms with Crippen LogP contribution in [0, 0.1) is 0 Å². The fourth-order valence-corrected chi connectivity index (χ4v) is 4.81. The molecule has 0 aliphatic carbocycles. The minimum absolute atomic E-state index is 0.0133. The van der Waals surface area contributed by atoms with Crippen molar-refractivity contribution < 1.29 is 19.4 Å². The minimum Gasteiger partial charge on any atom is -0.372 e. The second kappa shape index (κ2) is 7.98. The average molecular weight is 373 g/mol. The standard InChI is InChI=1S/C21H30N4O2/c1-2-22-12-14-24(15-13-22)19-16-20(26)25(21(19)27)18-8-6-17(7-9-18)23-10-4-3-5-11-23/h6-9,19H,2-5,10-16H2,1H3/p+2/t19-/m0/s1. The zero-order chi connectivity index (χ0) is 18.8. The summed E-state index contributed by atoms with van der Waals surface area (Å²) in [6.45, 7) is 9.68. The number of likely N-dealkylation sites (N-methyl/N-ethyl adjacent to an activating group) is 1. The number of hydrogen-bond acceptors (Lipinski definition) is 3. The van der Waals surface area contributed by atoms with Gasteiger partial charge in [0.25, 0.3) is 5.91 Å². The van der Waals surface area contributed by atoms with Crippen LogP contribution in [0.2, 0.25) is 0 Å². The minimum atomic E-state index is -0.197. The summed E-state index contributed by atoms with van der Waals surface area (Å²) in [7, 11) is 0. The van der Waals surface area contributed by atoms with Crippen LogP contribution in [0.15, 0.2) is 24.3 Å². The maximum absolute atomic E-state index is 13.0. The highest BCUT2D eigenvalue weighted by molar-refractivity contribution is 6.21. The maximum atomic E-state index is 13.0. The topological polar surface area (TPSA) is 49.5 Å². The summed E-state index contributed by atoms with van der Waals surface area (Å²) in [5.41, 5.74) is 1.92. The van der Waals surface area contributed by atoms with Gasteiger partial charge in [0.2, 0.25) is 5.91 Å². The lowest BCUT2D eigenvalue weighted by Gasteiger charge is -2.31. The van der Waals surface area contributed by atoms with Crippen molar-refractivity contribution in [3.05, 3.63) is 24.3 Å². The molecular weight excluding hydrogens is 340 g/mol. The molecule has 6 heteroatoms. The first-order valence-electron chi connectivity index (χ1n) is 10.6. The number of carbonyl (C=O) groups is 2. The molecule has 3 heterocycles. The third-order valence-corrected chi connectivity index (χ3v) is 6.57. The number of nitrogens with one attached hydrogen (secondary N) is 2. The molecule has 0 spiro atoms. The Labute approximate surface area is 161 Å². The van der Waals surface area contributed by atoms with Crippen LogP contribution in [0.25, 0.3) is 0 Å². The molecule has 4 rings (SSSR count). The van der Waals surface area contributed by atoms with E-state index in [9.17, 15) is 9.59 Å². The highest BCUT2D eigenvalue weighted by Crippen LogP contribution is 2.26. The lowest BCUT2D eigenvalue weighted by molar-refractivity contribution is -1.02. The molecule has 1 aromatic carbocycles. The number of piperidine rings is 1. The Bertz CT molecular complexity index is 676. The molecule has 0 unspecified atom stereocenters. The lowest BCUT2D eigenvalue weighted by Crippen LogP contribution is -3.29. The molecule has 27 heavy (non-hydrogen) atoms. The van der Waals surface area contributed by atoms with Gasteiger partial charge < -0.3 is 14.7 Å². The number of imide groups is 1. The van der Waals surface area contributed by atoms with Gasteiger partial charge in [-0.25, -0.2) is 4.90 Å². The van der Waals surface area contributed by atoms with Crippen LogP contribution >= 0.6 is 0 Å². The van der Waals surface area contributed by atoms with E-state index in [0.717, 1.165) is 51.5 Å². The summed E-state index contributed by atoms with van der Waals surface area (Å²) < 4.78 is 0. The highest BCUT2D eigenvalue weighted by atomic mass is 16.2. The van der Waals surface area contributed by atoms with Crippen LogP contribution < -0.4 is 19.6 Å². The van der Waals surface area contributed by atoms with E-state index in [-0.39, 0.29) is 17.9 Å². The predicted molar refractivity (Wildman–Crippen MR) is 105 cm³/mol. The van der Waals surface area contributed by atoms with Gasteiger partial charge in [-0.1, -0.05) is 0 Å². The number of nitrogens with zero attached hydrogens (tertiary/aromatic N) is 2. The van der Waals surface area contributed by atoms with Gasteiger partial charge in [-0.15, -0.1) is 0 Å². The van der Waals surface area contributed by atoms with Crippen molar-refractivity contribution in [2.24, 2.45) is 0 Å². The molecule has 3 fully saturated rings. The average Bonchev–Trinajstić information content (AvgIpc) is 3.03. The monoisotopic (exact) mass is 372 g/mol. The highest BCUT2D eigenvalue weighted by Gasteiger charge is 2.46. The van der Waals surface area contributed by atoms with Crippen molar-refractivity contribution in [3.8, 4) is 0 Å². The van der Waals surface area contributed by atoms with Gasteiger partial charge in [0.15, 0.2) is 6.04 Å². The Morgan fingerprint density at radius 3 is 2.19 bits per heavy atom. The fraction of sp³-hybridized carbons (Fsp3) is 0.619. The van der Waals surface area contributed by atoms with Crippen molar-refractivity contribution in [2.45, 2.75) is 38.6 Å². The second-order valence-electron chi connectivity index (χ2n) is 8.15. The lowest BCUT2D eigenvalue weighted by atomic mass is 10.1. The number of piperazine rings is 1. The molecule has 146 valence electrons. The van der Waals surface area contributed by atoms with E-state index in [2.05, 4.69) is 24.0 Å². The number of anilines is 2. The largest absolute Gasteiger partial charge is 0.372 e. The van der Waals surface area contributed by atoms with Crippen molar-refractivity contribution in [1.29, 1.82) is 0 Å². The molecule has 0 radical (unpaired) electrons. The molecular formula is C21H32N4O2+2. The molecule has 2 N–H and O–H groups in total. The molecule has 0 saturated carbocycles. The van der Waals surface area contributed by atoms with E-state index in [1.807, 2.05) is 12.1 Å². The van der Waals surface area contributed by atoms with Gasteiger partial charge in [0.05, 0.1) is 18.7 Å². The van der Waals surface area contributed by atoms with Crippen LogP contribution in [0.5, 0.6) is 0 Å². The van der Waals surface area contributed by atoms with E-state index in [1.54, 1.807) is 4.90 Å². The second-order valence-corrected chi connectivity index (χ2v) is 8.15. The van der Waals surface area contributed by atoms with Gasteiger partial charge >= 0.3 is 0 Å². The molecule has 6 nitrogen and oxygen atoms in total. The number of quaternary nitrogens is 2. The maximum Gasteiger partial charge on any atom is 0.292 e. The molecule has 2 amide bonds. The number of rotatable bonds is 4. The van der Waals surface area contributed by atoms with Gasteiger partial charge in [-0.2, -0.15) is 0 Å². The normalized spacial score (nSPS) is 29.4. The molecule has 3 saturated heterocycles. The molecule has 3 aliphatic rings. The van der Waals surface area contributed by atoms with Crippen molar-refractivity contribution >= 4 is 23.2 Å². The van der Waals surface area contributed by atoms with Crippen LogP contribution in [0.3, 0.4) is 0 Å². The van der Waals surface area contributed by atoms with Gasteiger partial charge in [0.1, 0.15) is 26.2 Å². The van der Waals surface area contributed by atoms with Crippen molar-refractivity contribution in [2.75, 3.05) is 55.6 Å². The molecule has 1 atom stereocenters. The first-order valence-corrected chi connectivity index (χ1v) is 10.6. The van der Waals surface area contributed by atoms with E-state index in [4.69, 9.17) is 0 Å². The molecule has 0 aromatic heterocycles. The molecule has 3 aliphatic heterocycles. The van der Waals surface area contributed by atoms with E-state index < -0.39 is 0 Å². The zero-order valence-electron chi connectivity index (χ0n) is 16.4. The third kappa shape index (κ3) is 3.73. The smallest absolute Gasteiger partial charge is 0.292 e. The van der Waals surface area contributed by atoms with Gasteiger partial charge in [-0.05, 0) is 50.5 Å². The number of hydrogen-bond donors (Lipinski definition) is 2. The summed E-state index contributed by atoms with van der Waals surface area (Å²) >= 11 is 0. The molecule has 1 aromatic rings. The quantitative estimate of drug-likeness (QED) is 0.675. The van der Waals surface area contributed by atoms with E-state index in [1.165, 1.54) is 34.7 Å². The van der Waals surface area contributed by atoms with Crippen LogP contribution in [-0.4, -0.2) is 63.7 Å². The Hall–Kier alpha value is -1.92. The number of amides is 2. The zero-order valence-corrected chi connectivity index (χ0v) is 16.4. The summed E-state index contributed by atoms with van der Waals surface area (Å²) in [5, 5.41) is 0. The Kier molecular flexibility index (Phi) is 5.45. The predicted octanol–water partition coefficient (Wildman–Crippen LogP) is -0.888. The SMILES string of the molecule is CC[NH+]1CC[NH+]([C@H]2CC(=O)N(c3ccc(N4CCCCC4)cc3)C2=O)CC1. The van der Waals surface area contributed by atoms with Crippen LogP contribution in [0.4, 0.5) is 11.4 Å². The van der Waals surface area contributed by atoms with E-state index >= 15 is 0 Å². The Morgan fingerprint density at radius 2 is 1.56 bits per heavy atom. The first-order chi connectivity index (χ1) is 13.2. The third-order valence-electron chi connectivity index (χ3n) is 6.57. The summed E-state index contributed by atoms with van der Waals surface area (Å²) in [6.07, 6.45) is 4.14.